The van der Waals surface area contributed by atoms with Gasteiger partial charge in [-0.25, -0.2) is 0 Å². The quantitative estimate of drug-likeness (QED) is 0.607. The van der Waals surface area contributed by atoms with Gasteiger partial charge in [-0.3, -0.25) is 4.79 Å². The zero-order valence-electron chi connectivity index (χ0n) is 15.9. The number of carbonyl (C=O) groups excluding carboxylic acids is 1. The largest absolute Gasteiger partial charge is 0.416 e. The van der Waals surface area contributed by atoms with E-state index in [2.05, 4.69) is 0 Å². The predicted octanol–water partition coefficient (Wildman–Crippen LogP) is 5.21. The van der Waals surface area contributed by atoms with Crippen LogP contribution in [0.15, 0.2) is 66.8 Å². The molecular weight excluding hydrogens is 409 g/mol. The maximum Gasteiger partial charge on any atom is 0.416 e. The minimum Gasteiger partial charge on any atom is -0.368 e. The molecule has 0 aliphatic carbocycles. The minimum absolute atomic E-state index is 0.119. The van der Waals surface area contributed by atoms with Gasteiger partial charge in [0, 0.05) is 39.2 Å². The van der Waals surface area contributed by atoms with Gasteiger partial charge in [-0.05, 0) is 29.8 Å². The SMILES string of the molecule is NC(=O)CN1CC=CC=C1c1cccc2sc(Cc3cccc(C(F)(F)F)c3)cc12. The first-order valence-electron chi connectivity index (χ1n) is 9.39. The molecule has 0 saturated heterocycles. The molecule has 4 rings (SSSR count). The molecule has 0 spiro atoms. The van der Waals surface area contributed by atoms with Gasteiger partial charge in [0.2, 0.25) is 5.91 Å². The highest BCUT2D eigenvalue weighted by atomic mass is 32.1. The van der Waals surface area contributed by atoms with E-state index < -0.39 is 17.6 Å². The zero-order valence-corrected chi connectivity index (χ0v) is 16.8. The van der Waals surface area contributed by atoms with Crippen LogP contribution in [0.1, 0.15) is 21.6 Å². The molecule has 0 fully saturated rings. The minimum atomic E-state index is -4.35. The number of nitrogens with zero attached hydrogens (tertiary/aromatic N) is 1. The van der Waals surface area contributed by atoms with Crippen LogP contribution < -0.4 is 5.73 Å². The Hall–Kier alpha value is -3.06. The van der Waals surface area contributed by atoms with Crippen molar-refractivity contribution in [1.29, 1.82) is 0 Å². The highest BCUT2D eigenvalue weighted by Crippen LogP contribution is 2.35. The molecule has 7 heteroatoms. The van der Waals surface area contributed by atoms with E-state index in [1.54, 1.807) is 17.4 Å². The monoisotopic (exact) mass is 428 g/mol. The van der Waals surface area contributed by atoms with Gasteiger partial charge in [-0.2, -0.15) is 13.2 Å². The van der Waals surface area contributed by atoms with Crippen molar-refractivity contribution in [2.75, 3.05) is 13.1 Å². The number of primary amides is 1. The third-order valence-electron chi connectivity index (χ3n) is 4.92. The molecule has 0 radical (unpaired) electrons. The normalized spacial score (nSPS) is 14.2. The number of fused-ring (bicyclic) bond motifs is 1. The number of benzene rings is 2. The van der Waals surface area contributed by atoms with Crippen LogP contribution in [0.5, 0.6) is 0 Å². The molecule has 0 unspecified atom stereocenters. The van der Waals surface area contributed by atoms with Crippen molar-refractivity contribution < 1.29 is 18.0 Å². The van der Waals surface area contributed by atoms with Crippen molar-refractivity contribution in [2.45, 2.75) is 12.6 Å². The van der Waals surface area contributed by atoms with Crippen molar-refractivity contribution in [3.8, 4) is 0 Å². The van der Waals surface area contributed by atoms with Gasteiger partial charge in [0.15, 0.2) is 0 Å². The van der Waals surface area contributed by atoms with Crippen LogP contribution in [-0.2, 0) is 17.4 Å². The highest BCUT2D eigenvalue weighted by Gasteiger charge is 2.30. The summed E-state index contributed by atoms with van der Waals surface area (Å²) in [7, 11) is 0. The summed E-state index contributed by atoms with van der Waals surface area (Å²) in [5.41, 5.74) is 7.27. The molecule has 30 heavy (non-hydrogen) atoms. The van der Waals surface area contributed by atoms with E-state index in [0.29, 0.717) is 18.5 Å². The van der Waals surface area contributed by atoms with E-state index in [0.717, 1.165) is 32.3 Å². The Morgan fingerprint density at radius 1 is 1.13 bits per heavy atom. The molecule has 3 nitrogen and oxygen atoms in total. The number of thiophene rings is 1. The topological polar surface area (TPSA) is 46.3 Å². The molecule has 1 aliphatic rings. The maximum atomic E-state index is 13.0. The number of allylic oxidation sites excluding steroid dienone is 2. The van der Waals surface area contributed by atoms with Gasteiger partial charge in [0.25, 0.3) is 0 Å². The van der Waals surface area contributed by atoms with Crippen molar-refractivity contribution in [3.63, 3.8) is 0 Å². The molecule has 2 heterocycles. The van der Waals surface area contributed by atoms with E-state index >= 15 is 0 Å². The lowest BCUT2D eigenvalue weighted by atomic mass is 10.0. The average Bonchev–Trinajstić information content (AvgIpc) is 3.10. The Bertz CT molecular complexity index is 1160. The zero-order chi connectivity index (χ0) is 21.3. The lowest BCUT2D eigenvalue weighted by Gasteiger charge is -2.27. The second-order valence-corrected chi connectivity index (χ2v) is 8.30. The molecule has 2 N–H and O–H groups in total. The first-order valence-corrected chi connectivity index (χ1v) is 10.2. The van der Waals surface area contributed by atoms with Crippen molar-refractivity contribution in [3.05, 3.63) is 88.3 Å². The Morgan fingerprint density at radius 3 is 2.70 bits per heavy atom. The smallest absolute Gasteiger partial charge is 0.368 e. The van der Waals surface area contributed by atoms with E-state index in [4.69, 9.17) is 5.73 Å². The predicted molar refractivity (Wildman–Crippen MR) is 114 cm³/mol. The summed E-state index contributed by atoms with van der Waals surface area (Å²) in [4.78, 5) is 14.4. The summed E-state index contributed by atoms with van der Waals surface area (Å²) in [5.74, 6) is -0.404. The second kappa shape index (κ2) is 7.99. The summed E-state index contributed by atoms with van der Waals surface area (Å²) in [6.45, 7) is 0.709. The number of amides is 1. The van der Waals surface area contributed by atoms with Crippen LogP contribution in [0.25, 0.3) is 15.8 Å². The fourth-order valence-corrected chi connectivity index (χ4v) is 4.76. The van der Waals surface area contributed by atoms with Crippen molar-refractivity contribution >= 4 is 33.0 Å². The molecule has 1 aromatic heterocycles. The van der Waals surface area contributed by atoms with Crippen LogP contribution in [0.2, 0.25) is 0 Å². The van der Waals surface area contributed by atoms with Gasteiger partial charge in [-0.1, -0.05) is 42.5 Å². The highest BCUT2D eigenvalue weighted by molar-refractivity contribution is 7.19. The van der Waals surface area contributed by atoms with Gasteiger partial charge in [0.05, 0.1) is 12.1 Å². The van der Waals surface area contributed by atoms with Crippen LogP contribution in [0, 0.1) is 0 Å². The van der Waals surface area contributed by atoms with Crippen LogP contribution in [0.3, 0.4) is 0 Å². The van der Waals surface area contributed by atoms with E-state index in [1.165, 1.54) is 12.1 Å². The van der Waals surface area contributed by atoms with Gasteiger partial charge < -0.3 is 10.6 Å². The number of hydrogen-bond acceptors (Lipinski definition) is 3. The second-order valence-electron chi connectivity index (χ2n) is 7.13. The molecule has 1 amide bonds. The summed E-state index contributed by atoms with van der Waals surface area (Å²) in [5, 5.41) is 1.01. The number of carbonyl (C=O) groups is 1. The Kier molecular flexibility index (Phi) is 5.39. The summed E-state index contributed by atoms with van der Waals surface area (Å²) < 4.78 is 40.1. The fraction of sp³-hybridized carbons (Fsp3) is 0.174. The van der Waals surface area contributed by atoms with Gasteiger partial charge >= 0.3 is 6.18 Å². The number of halogens is 3. The van der Waals surface area contributed by atoms with Crippen molar-refractivity contribution in [1.82, 2.24) is 4.90 Å². The number of alkyl halides is 3. The molecule has 0 atom stereocenters. The molecule has 0 saturated carbocycles. The lowest BCUT2D eigenvalue weighted by Crippen LogP contribution is -2.33. The summed E-state index contributed by atoms with van der Waals surface area (Å²) >= 11 is 1.56. The third-order valence-corrected chi connectivity index (χ3v) is 6.02. The van der Waals surface area contributed by atoms with E-state index in [-0.39, 0.29) is 6.54 Å². The number of rotatable bonds is 5. The Balaban J connectivity index is 1.69. The fourth-order valence-electron chi connectivity index (χ4n) is 3.63. The van der Waals surface area contributed by atoms with E-state index in [1.807, 2.05) is 47.4 Å². The summed E-state index contributed by atoms with van der Waals surface area (Å²) in [6, 6.07) is 13.4. The van der Waals surface area contributed by atoms with Crippen LogP contribution >= 0.6 is 11.3 Å². The summed E-state index contributed by atoms with van der Waals surface area (Å²) in [6.07, 6.45) is 1.92. The molecular formula is C23H19F3N2OS. The number of hydrogen-bond donors (Lipinski definition) is 1. The Morgan fingerprint density at radius 2 is 1.93 bits per heavy atom. The maximum absolute atomic E-state index is 13.0. The van der Waals surface area contributed by atoms with Crippen LogP contribution in [-0.4, -0.2) is 23.9 Å². The molecule has 154 valence electrons. The van der Waals surface area contributed by atoms with Crippen molar-refractivity contribution in [2.24, 2.45) is 5.73 Å². The third kappa shape index (κ3) is 4.26. The van der Waals surface area contributed by atoms with E-state index in [9.17, 15) is 18.0 Å². The van der Waals surface area contributed by atoms with Gasteiger partial charge in [-0.15, -0.1) is 11.3 Å². The first-order chi connectivity index (χ1) is 14.3. The molecule has 0 bridgehead atoms. The lowest BCUT2D eigenvalue weighted by molar-refractivity contribution is -0.137. The average molecular weight is 428 g/mol. The first kappa shape index (κ1) is 20.2. The molecule has 2 aromatic carbocycles. The van der Waals surface area contributed by atoms with Crippen LogP contribution in [0.4, 0.5) is 13.2 Å². The molecule has 3 aromatic rings. The Labute approximate surface area is 175 Å². The standard InChI is InChI=1S/C23H19F3N2OS/c24-23(25,26)16-6-3-5-15(11-16)12-17-13-19-18(7-4-9-21(19)30-17)20-8-1-2-10-28(20)14-22(27)29/h1-9,11,13H,10,12,14H2,(H2,27,29). The molecule has 1 aliphatic heterocycles. The number of nitrogens with two attached hydrogens (primary N) is 1. The van der Waals surface area contributed by atoms with Gasteiger partial charge in [0.1, 0.15) is 0 Å².